The first kappa shape index (κ1) is 16.8. The van der Waals surface area contributed by atoms with Crippen molar-refractivity contribution in [3.8, 4) is 5.75 Å². The summed E-state index contributed by atoms with van der Waals surface area (Å²) in [5, 5.41) is 3.51. The van der Waals surface area contributed by atoms with Crippen LogP contribution in [0.3, 0.4) is 0 Å². The fourth-order valence-electron chi connectivity index (χ4n) is 3.05. The van der Waals surface area contributed by atoms with Crippen molar-refractivity contribution in [1.29, 1.82) is 0 Å². The number of imide groups is 1. The summed E-state index contributed by atoms with van der Waals surface area (Å²) < 4.78 is 6.24. The molecule has 2 N–H and O–H groups in total. The Kier molecular flexibility index (Phi) is 4.75. The lowest BCUT2D eigenvalue weighted by atomic mass is 9.82. The van der Waals surface area contributed by atoms with E-state index in [1.165, 1.54) is 0 Å². The van der Waals surface area contributed by atoms with Gasteiger partial charge in [0.15, 0.2) is 6.61 Å². The van der Waals surface area contributed by atoms with Crippen LogP contribution in [0.2, 0.25) is 0 Å². The van der Waals surface area contributed by atoms with Crippen LogP contribution < -0.4 is 15.5 Å². The first-order valence-electron chi connectivity index (χ1n) is 7.85. The highest BCUT2D eigenvalue weighted by molar-refractivity contribution is 9.10. The molecule has 4 amide bonds. The Morgan fingerprint density at radius 1 is 1.21 bits per heavy atom. The second kappa shape index (κ2) is 6.80. The summed E-state index contributed by atoms with van der Waals surface area (Å²) >= 11 is 3.31. The number of halogens is 1. The maximum atomic E-state index is 12.5. The maximum absolute atomic E-state index is 12.5. The molecule has 0 aromatic heterocycles. The van der Waals surface area contributed by atoms with E-state index in [1.807, 2.05) is 0 Å². The molecule has 0 atom stereocenters. The van der Waals surface area contributed by atoms with Crippen LogP contribution >= 0.6 is 15.9 Å². The zero-order chi connectivity index (χ0) is 17.2. The van der Waals surface area contributed by atoms with E-state index in [9.17, 15) is 14.4 Å². The molecular weight excluding hydrogens is 378 g/mol. The van der Waals surface area contributed by atoms with E-state index in [0.29, 0.717) is 18.6 Å². The lowest BCUT2D eigenvalue weighted by Crippen LogP contribution is -2.51. The molecule has 0 unspecified atom stereocenters. The van der Waals surface area contributed by atoms with Crippen LogP contribution in [0.4, 0.5) is 4.79 Å². The van der Waals surface area contributed by atoms with Gasteiger partial charge in [0.2, 0.25) is 0 Å². The molecular formula is C16H18BrN3O4. The number of urea groups is 1. The molecule has 24 heavy (non-hydrogen) atoms. The van der Waals surface area contributed by atoms with Crippen LogP contribution in [-0.4, -0.2) is 35.0 Å². The van der Waals surface area contributed by atoms with E-state index < -0.39 is 17.5 Å². The first-order chi connectivity index (χ1) is 11.5. The second-order valence-corrected chi connectivity index (χ2v) is 6.91. The van der Waals surface area contributed by atoms with Crippen LogP contribution in [0.15, 0.2) is 28.7 Å². The topological polar surface area (TPSA) is 87.7 Å². The molecule has 1 aliphatic carbocycles. The average molecular weight is 396 g/mol. The lowest BCUT2D eigenvalue weighted by Gasteiger charge is -2.30. The molecule has 3 rings (SSSR count). The van der Waals surface area contributed by atoms with Crippen molar-refractivity contribution in [3.05, 3.63) is 28.7 Å². The minimum atomic E-state index is -0.852. The fraction of sp³-hybridized carbons (Fsp3) is 0.438. The number of nitrogens with one attached hydrogen (secondary N) is 2. The van der Waals surface area contributed by atoms with Crippen molar-refractivity contribution < 1.29 is 19.1 Å². The fourth-order valence-corrected chi connectivity index (χ4v) is 3.32. The minimum absolute atomic E-state index is 0.286. The SMILES string of the molecule is O=C(COc1ccc(Br)cc1)NN1C(=O)NC2(CCCCC2)C1=O. The van der Waals surface area contributed by atoms with Gasteiger partial charge < -0.3 is 10.1 Å². The minimum Gasteiger partial charge on any atom is -0.484 e. The van der Waals surface area contributed by atoms with Gasteiger partial charge in [-0.15, -0.1) is 0 Å². The monoisotopic (exact) mass is 395 g/mol. The molecule has 1 aromatic rings. The Morgan fingerprint density at radius 2 is 1.88 bits per heavy atom. The molecule has 8 heteroatoms. The molecule has 2 fully saturated rings. The van der Waals surface area contributed by atoms with Gasteiger partial charge in [-0.3, -0.25) is 15.0 Å². The third-order valence-corrected chi connectivity index (χ3v) is 4.82. The van der Waals surface area contributed by atoms with Gasteiger partial charge in [0, 0.05) is 4.47 Å². The van der Waals surface area contributed by atoms with Crippen LogP contribution in [0, 0.1) is 0 Å². The summed E-state index contributed by atoms with van der Waals surface area (Å²) in [6, 6.07) is 6.41. The van der Waals surface area contributed by atoms with Crippen molar-refractivity contribution >= 4 is 33.8 Å². The molecule has 1 aromatic carbocycles. The Balaban J connectivity index is 1.56. The molecule has 1 saturated heterocycles. The number of hydrazine groups is 1. The number of nitrogens with zero attached hydrogens (tertiary/aromatic N) is 1. The molecule has 1 aliphatic heterocycles. The molecule has 7 nitrogen and oxygen atoms in total. The zero-order valence-electron chi connectivity index (χ0n) is 13.0. The largest absolute Gasteiger partial charge is 0.484 e. The van der Waals surface area contributed by atoms with E-state index in [1.54, 1.807) is 24.3 Å². The van der Waals surface area contributed by atoms with Gasteiger partial charge in [-0.1, -0.05) is 35.2 Å². The zero-order valence-corrected chi connectivity index (χ0v) is 14.6. The first-order valence-corrected chi connectivity index (χ1v) is 8.64. The highest BCUT2D eigenvalue weighted by Gasteiger charge is 2.52. The Hall–Kier alpha value is -2.09. The maximum Gasteiger partial charge on any atom is 0.344 e. The van der Waals surface area contributed by atoms with E-state index in [-0.39, 0.29) is 12.5 Å². The van der Waals surface area contributed by atoms with Crippen LogP contribution in [-0.2, 0) is 9.59 Å². The number of rotatable bonds is 4. The van der Waals surface area contributed by atoms with Crippen molar-refractivity contribution in [2.45, 2.75) is 37.6 Å². The Bertz CT molecular complexity index is 656. The van der Waals surface area contributed by atoms with Crippen molar-refractivity contribution in [3.63, 3.8) is 0 Å². The van der Waals surface area contributed by atoms with Gasteiger partial charge in [-0.05, 0) is 37.1 Å². The van der Waals surface area contributed by atoms with E-state index >= 15 is 0 Å². The molecule has 1 spiro atoms. The Labute approximate surface area is 147 Å². The van der Waals surface area contributed by atoms with Crippen molar-refractivity contribution in [2.24, 2.45) is 0 Å². The smallest absolute Gasteiger partial charge is 0.344 e. The van der Waals surface area contributed by atoms with E-state index in [2.05, 4.69) is 26.7 Å². The van der Waals surface area contributed by atoms with Gasteiger partial charge in [-0.2, -0.15) is 5.01 Å². The lowest BCUT2D eigenvalue weighted by molar-refractivity contribution is -0.140. The van der Waals surface area contributed by atoms with Gasteiger partial charge in [0.1, 0.15) is 11.3 Å². The summed E-state index contributed by atoms with van der Waals surface area (Å²) in [6.07, 6.45) is 4.05. The number of benzene rings is 1. The quantitative estimate of drug-likeness (QED) is 0.764. The van der Waals surface area contributed by atoms with Crippen molar-refractivity contribution in [2.75, 3.05) is 6.61 Å². The van der Waals surface area contributed by atoms with E-state index in [4.69, 9.17) is 4.74 Å². The molecule has 1 saturated carbocycles. The average Bonchev–Trinajstić information content (AvgIpc) is 2.79. The highest BCUT2D eigenvalue weighted by atomic mass is 79.9. The predicted molar refractivity (Wildman–Crippen MR) is 89.0 cm³/mol. The van der Waals surface area contributed by atoms with Gasteiger partial charge in [0.25, 0.3) is 11.8 Å². The van der Waals surface area contributed by atoms with Crippen LogP contribution in [0.5, 0.6) is 5.75 Å². The third kappa shape index (κ3) is 3.38. The normalized spacial score (nSPS) is 19.3. The standard InChI is InChI=1S/C16H18BrN3O4/c17-11-4-6-12(7-5-11)24-10-13(21)19-20-14(22)16(18-15(20)23)8-2-1-3-9-16/h4-7H,1-3,8-10H2,(H,18,23)(H,19,21). The molecule has 128 valence electrons. The molecule has 1 heterocycles. The number of amides is 4. The predicted octanol–water partition coefficient (Wildman–Crippen LogP) is 2.11. The van der Waals surface area contributed by atoms with Gasteiger partial charge in [0.05, 0.1) is 0 Å². The summed E-state index contributed by atoms with van der Waals surface area (Å²) in [6.45, 7) is -0.286. The van der Waals surface area contributed by atoms with Gasteiger partial charge >= 0.3 is 6.03 Å². The van der Waals surface area contributed by atoms with Gasteiger partial charge in [-0.25, -0.2) is 4.79 Å². The summed E-state index contributed by atoms with van der Waals surface area (Å²) in [7, 11) is 0. The molecule has 0 radical (unpaired) electrons. The summed E-state index contributed by atoms with van der Waals surface area (Å²) in [5.74, 6) is -0.423. The molecule has 0 bridgehead atoms. The number of carbonyl (C=O) groups is 3. The number of hydrogen-bond acceptors (Lipinski definition) is 4. The summed E-state index contributed by atoms with van der Waals surface area (Å²) in [5.41, 5.74) is 1.48. The van der Waals surface area contributed by atoms with Crippen LogP contribution in [0.1, 0.15) is 32.1 Å². The van der Waals surface area contributed by atoms with Crippen molar-refractivity contribution in [1.82, 2.24) is 15.8 Å². The third-order valence-electron chi connectivity index (χ3n) is 4.29. The number of ether oxygens (including phenoxy) is 1. The van der Waals surface area contributed by atoms with Crippen LogP contribution in [0.25, 0.3) is 0 Å². The number of hydrogen-bond donors (Lipinski definition) is 2. The highest BCUT2D eigenvalue weighted by Crippen LogP contribution is 2.32. The molecule has 2 aliphatic rings. The Morgan fingerprint density at radius 3 is 2.54 bits per heavy atom. The second-order valence-electron chi connectivity index (χ2n) is 5.99. The number of carbonyl (C=O) groups excluding carboxylic acids is 3. The van der Waals surface area contributed by atoms with E-state index in [0.717, 1.165) is 28.7 Å². The summed E-state index contributed by atoms with van der Waals surface area (Å²) in [4.78, 5) is 36.5.